The second-order valence-electron chi connectivity index (χ2n) is 5.10. The van der Waals surface area contributed by atoms with Crippen LogP contribution in [0, 0.1) is 12.8 Å². The minimum absolute atomic E-state index is 0.137. The van der Waals surface area contributed by atoms with E-state index in [1.165, 1.54) is 4.31 Å². The molecule has 2 rings (SSSR count). The van der Waals surface area contributed by atoms with Gasteiger partial charge in [-0.15, -0.1) is 0 Å². The van der Waals surface area contributed by atoms with Crippen LogP contribution in [0.3, 0.4) is 0 Å². The average molecular weight is 303 g/mol. The first-order valence-corrected chi connectivity index (χ1v) is 8.14. The Hall–Kier alpha value is -0.620. The van der Waals surface area contributed by atoms with Gasteiger partial charge in [-0.3, -0.25) is 0 Å². The summed E-state index contributed by atoms with van der Waals surface area (Å²) >= 11 is 6.06. The summed E-state index contributed by atoms with van der Waals surface area (Å²) in [6, 6.07) is 4.84. The monoisotopic (exact) mass is 302 g/mol. The lowest BCUT2D eigenvalue weighted by Gasteiger charge is -2.26. The topological polar surface area (TPSA) is 63.4 Å². The van der Waals surface area contributed by atoms with Crippen molar-refractivity contribution in [2.45, 2.75) is 30.7 Å². The van der Waals surface area contributed by atoms with Crippen LogP contribution in [0.25, 0.3) is 0 Å². The first kappa shape index (κ1) is 14.8. The number of sulfonamides is 1. The fourth-order valence-electron chi connectivity index (χ4n) is 2.27. The molecule has 0 saturated heterocycles. The van der Waals surface area contributed by atoms with Gasteiger partial charge >= 0.3 is 0 Å². The molecule has 106 valence electrons. The number of hydrogen-bond donors (Lipinski definition) is 1. The molecule has 1 fully saturated rings. The van der Waals surface area contributed by atoms with Crippen molar-refractivity contribution in [1.82, 2.24) is 4.31 Å². The van der Waals surface area contributed by atoms with Crippen molar-refractivity contribution < 1.29 is 8.42 Å². The van der Waals surface area contributed by atoms with Gasteiger partial charge in [0.25, 0.3) is 0 Å². The Balaban J connectivity index is 2.35. The molecular formula is C13H19ClN2O2S. The molecule has 4 nitrogen and oxygen atoms in total. The van der Waals surface area contributed by atoms with Gasteiger partial charge in [0.05, 0.1) is 5.02 Å². The van der Waals surface area contributed by atoms with Crippen molar-refractivity contribution >= 4 is 21.6 Å². The summed E-state index contributed by atoms with van der Waals surface area (Å²) in [6.45, 7) is 2.21. The van der Waals surface area contributed by atoms with Crippen molar-refractivity contribution in [2.24, 2.45) is 11.7 Å². The molecule has 0 spiro atoms. The van der Waals surface area contributed by atoms with Gasteiger partial charge in [-0.2, -0.15) is 4.31 Å². The number of likely N-dealkylation sites (N-methyl/N-ethyl adjacent to an activating group) is 1. The predicted molar refractivity (Wildman–Crippen MR) is 76.7 cm³/mol. The average Bonchev–Trinajstić information content (AvgIpc) is 3.13. The van der Waals surface area contributed by atoms with E-state index in [2.05, 4.69) is 0 Å². The lowest BCUT2D eigenvalue weighted by molar-refractivity contribution is 0.340. The number of hydrogen-bond acceptors (Lipinski definition) is 3. The van der Waals surface area contributed by atoms with E-state index in [4.69, 9.17) is 17.3 Å². The molecule has 0 heterocycles. The van der Waals surface area contributed by atoms with Gasteiger partial charge in [0.1, 0.15) is 4.90 Å². The molecule has 1 saturated carbocycles. The summed E-state index contributed by atoms with van der Waals surface area (Å²) in [5.41, 5.74) is 6.65. The fraction of sp³-hybridized carbons (Fsp3) is 0.538. The Labute approximate surface area is 119 Å². The highest BCUT2D eigenvalue weighted by atomic mass is 35.5. The Bertz CT molecular complexity index is 570. The number of nitrogens with two attached hydrogens (primary N) is 1. The van der Waals surface area contributed by atoms with Crippen molar-refractivity contribution in [3.05, 3.63) is 28.8 Å². The van der Waals surface area contributed by atoms with E-state index in [1.54, 1.807) is 25.2 Å². The van der Waals surface area contributed by atoms with Crippen LogP contribution in [0.5, 0.6) is 0 Å². The van der Waals surface area contributed by atoms with E-state index >= 15 is 0 Å². The maximum atomic E-state index is 12.6. The van der Waals surface area contributed by atoms with Crippen molar-refractivity contribution in [1.29, 1.82) is 0 Å². The maximum absolute atomic E-state index is 12.6. The third-order valence-corrected chi connectivity index (χ3v) is 5.98. The molecule has 0 bridgehead atoms. The third kappa shape index (κ3) is 2.94. The van der Waals surface area contributed by atoms with Gasteiger partial charge in [0, 0.05) is 19.6 Å². The number of nitrogens with zero attached hydrogens (tertiary/aromatic N) is 1. The lowest BCUT2D eigenvalue weighted by atomic mass is 10.2. The highest BCUT2D eigenvalue weighted by molar-refractivity contribution is 7.89. The molecule has 0 radical (unpaired) electrons. The van der Waals surface area contributed by atoms with E-state index in [0.717, 1.165) is 18.4 Å². The van der Waals surface area contributed by atoms with Crippen molar-refractivity contribution in [2.75, 3.05) is 13.6 Å². The smallest absolute Gasteiger partial charge is 0.244 e. The molecular weight excluding hydrogens is 284 g/mol. The van der Waals surface area contributed by atoms with E-state index in [0.29, 0.717) is 12.5 Å². The zero-order valence-corrected chi connectivity index (χ0v) is 12.7. The van der Waals surface area contributed by atoms with Crippen LogP contribution in [0.2, 0.25) is 5.02 Å². The minimum atomic E-state index is -3.58. The minimum Gasteiger partial charge on any atom is -0.329 e. The highest BCUT2D eigenvalue weighted by Gasteiger charge is 2.38. The van der Waals surface area contributed by atoms with Crippen LogP contribution in [0.1, 0.15) is 18.4 Å². The first-order chi connectivity index (χ1) is 8.87. The SMILES string of the molecule is Cc1ccc(S(=O)(=O)N(C)C(CN)C2CC2)c(Cl)c1. The third-order valence-electron chi connectivity index (χ3n) is 3.62. The molecule has 1 unspecified atom stereocenters. The molecule has 0 aliphatic heterocycles. The summed E-state index contributed by atoms with van der Waals surface area (Å²) in [7, 11) is -2.00. The Morgan fingerprint density at radius 3 is 2.58 bits per heavy atom. The second-order valence-corrected chi connectivity index (χ2v) is 7.47. The Morgan fingerprint density at radius 2 is 2.11 bits per heavy atom. The van der Waals surface area contributed by atoms with Gasteiger partial charge in [-0.25, -0.2) is 8.42 Å². The van der Waals surface area contributed by atoms with Crippen LogP contribution < -0.4 is 5.73 Å². The van der Waals surface area contributed by atoms with Crippen LogP contribution in [0.4, 0.5) is 0 Å². The molecule has 2 N–H and O–H groups in total. The molecule has 0 aromatic heterocycles. The Kier molecular flexibility index (Phi) is 4.20. The first-order valence-electron chi connectivity index (χ1n) is 6.32. The van der Waals surface area contributed by atoms with E-state index in [-0.39, 0.29) is 16.0 Å². The summed E-state index contributed by atoms with van der Waals surface area (Å²) in [6.07, 6.45) is 2.09. The standard InChI is InChI=1S/C13H19ClN2O2S/c1-9-3-6-13(11(14)7-9)19(17,18)16(2)12(8-15)10-4-5-10/h3,6-7,10,12H,4-5,8,15H2,1-2H3. The van der Waals surface area contributed by atoms with Crippen LogP contribution in [0.15, 0.2) is 23.1 Å². The number of aryl methyl sites for hydroxylation is 1. The molecule has 1 aromatic carbocycles. The second kappa shape index (κ2) is 5.40. The number of rotatable bonds is 5. The van der Waals surface area contributed by atoms with Crippen LogP contribution >= 0.6 is 11.6 Å². The van der Waals surface area contributed by atoms with Gasteiger partial charge < -0.3 is 5.73 Å². The quantitative estimate of drug-likeness (QED) is 0.905. The van der Waals surface area contributed by atoms with E-state index in [9.17, 15) is 8.42 Å². The molecule has 1 atom stereocenters. The van der Waals surface area contributed by atoms with Gasteiger partial charge in [-0.1, -0.05) is 17.7 Å². The molecule has 6 heteroatoms. The van der Waals surface area contributed by atoms with Gasteiger partial charge in [-0.05, 0) is 43.4 Å². The van der Waals surface area contributed by atoms with Crippen molar-refractivity contribution in [3.8, 4) is 0 Å². The van der Waals surface area contributed by atoms with E-state index < -0.39 is 10.0 Å². The summed E-state index contributed by atoms with van der Waals surface area (Å²) in [4.78, 5) is 0.154. The summed E-state index contributed by atoms with van der Waals surface area (Å²) in [5.74, 6) is 0.383. The summed E-state index contributed by atoms with van der Waals surface area (Å²) in [5, 5.41) is 0.262. The summed E-state index contributed by atoms with van der Waals surface area (Å²) < 4.78 is 26.5. The highest BCUT2D eigenvalue weighted by Crippen LogP contribution is 2.37. The zero-order chi connectivity index (χ0) is 14.2. The zero-order valence-electron chi connectivity index (χ0n) is 11.1. The predicted octanol–water partition coefficient (Wildman–Crippen LogP) is 2.01. The molecule has 19 heavy (non-hydrogen) atoms. The van der Waals surface area contributed by atoms with E-state index in [1.807, 2.05) is 6.92 Å². The normalized spacial score (nSPS) is 17.7. The van der Waals surface area contributed by atoms with Crippen LogP contribution in [-0.2, 0) is 10.0 Å². The Morgan fingerprint density at radius 1 is 1.47 bits per heavy atom. The number of benzene rings is 1. The maximum Gasteiger partial charge on any atom is 0.244 e. The van der Waals surface area contributed by atoms with Gasteiger partial charge in [0.15, 0.2) is 0 Å². The molecule has 1 aliphatic rings. The molecule has 1 aromatic rings. The fourth-order valence-corrected chi connectivity index (χ4v) is 4.27. The lowest BCUT2D eigenvalue weighted by Crippen LogP contribution is -2.43. The molecule has 0 amide bonds. The number of halogens is 1. The molecule has 1 aliphatic carbocycles. The van der Waals surface area contributed by atoms with Crippen molar-refractivity contribution in [3.63, 3.8) is 0 Å². The van der Waals surface area contributed by atoms with Gasteiger partial charge in [0.2, 0.25) is 10.0 Å². The largest absolute Gasteiger partial charge is 0.329 e. The van der Waals surface area contributed by atoms with Crippen LogP contribution in [-0.4, -0.2) is 32.4 Å².